The molecule has 0 fully saturated rings. The molecule has 294 valence electrons. The Labute approximate surface area is 350 Å². The Morgan fingerprint density at radius 1 is 0.333 bits per heavy atom. The molecule has 0 spiro atoms. The van der Waals surface area contributed by atoms with E-state index in [9.17, 15) is 15.3 Å². The van der Waals surface area contributed by atoms with E-state index in [0.29, 0.717) is 18.8 Å². The molecule has 10 rings (SSSR count). The van der Waals surface area contributed by atoms with E-state index in [1.165, 1.54) is 28.3 Å². The molecule has 2 aliphatic rings. The van der Waals surface area contributed by atoms with Crippen LogP contribution in [0.15, 0.2) is 188 Å². The van der Waals surface area contributed by atoms with Gasteiger partial charge in [-0.3, -0.25) is 0 Å². The Morgan fingerprint density at radius 3 is 1.13 bits per heavy atom. The van der Waals surface area contributed by atoms with Gasteiger partial charge in [0.05, 0.1) is 24.0 Å². The molecule has 0 saturated heterocycles. The number of phenolic OH excluding ortho intramolecular Hbond substituents is 3. The zero-order chi connectivity index (χ0) is 40.7. The molecule has 8 aromatic carbocycles. The fourth-order valence-electron chi connectivity index (χ4n) is 9.93. The van der Waals surface area contributed by atoms with Gasteiger partial charge in [-0.25, -0.2) is 0 Å². The lowest BCUT2D eigenvalue weighted by atomic mass is 9.67. The highest BCUT2D eigenvalue weighted by atomic mass is 16.5. The summed E-state index contributed by atoms with van der Waals surface area (Å²) in [6, 6.07) is 63.2. The van der Waals surface area contributed by atoms with Crippen LogP contribution in [0.1, 0.15) is 63.8 Å². The third-order valence-electron chi connectivity index (χ3n) is 12.5. The molecular formula is C55H44O5. The number of rotatable bonds is 12. The highest BCUT2D eigenvalue weighted by Crippen LogP contribution is 2.59. The number of benzene rings is 8. The standard InChI is InChI=1S/C55H44O5/c56-40-26-20-37(21-27-40)54(48-16-6-2-12-44(48)45-13-3-7-17-49(45)54)38-22-29-42(30-23-38)59-34-10-1-11-35-60-43-31-24-39(25-32-43)55(52-33-28-41(57)36-53(52)58)50-18-8-4-14-46(50)47-15-5-9-19-51(47)55/h2-9,12-33,36,56-58H,1,10-11,34-35H2. The number of ether oxygens (including phenoxy) is 2. The number of phenols is 3. The lowest BCUT2D eigenvalue weighted by Gasteiger charge is -2.34. The lowest BCUT2D eigenvalue weighted by Crippen LogP contribution is -2.28. The topological polar surface area (TPSA) is 79.2 Å². The second kappa shape index (κ2) is 15.2. The smallest absolute Gasteiger partial charge is 0.124 e. The first kappa shape index (κ1) is 37.1. The van der Waals surface area contributed by atoms with Gasteiger partial charge in [0, 0.05) is 11.6 Å². The molecule has 0 unspecified atom stereocenters. The van der Waals surface area contributed by atoms with Gasteiger partial charge < -0.3 is 24.8 Å². The van der Waals surface area contributed by atoms with Gasteiger partial charge in [-0.05, 0) is 123 Å². The van der Waals surface area contributed by atoms with Gasteiger partial charge in [0.25, 0.3) is 0 Å². The van der Waals surface area contributed by atoms with Crippen molar-refractivity contribution in [2.24, 2.45) is 0 Å². The first-order valence-electron chi connectivity index (χ1n) is 20.7. The minimum Gasteiger partial charge on any atom is -0.508 e. The summed E-state index contributed by atoms with van der Waals surface area (Å²) in [6.45, 7) is 1.20. The molecule has 60 heavy (non-hydrogen) atoms. The van der Waals surface area contributed by atoms with Gasteiger partial charge in [-0.1, -0.05) is 140 Å². The first-order chi connectivity index (χ1) is 29.5. The summed E-state index contributed by atoms with van der Waals surface area (Å²) in [5.41, 5.74) is 12.0. The number of fused-ring (bicyclic) bond motifs is 6. The summed E-state index contributed by atoms with van der Waals surface area (Å²) in [4.78, 5) is 0. The van der Waals surface area contributed by atoms with Gasteiger partial charge in [0.1, 0.15) is 28.7 Å². The van der Waals surface area contributed by atoms with Crippen molar-refractivity contribution in [1.82, 2.24) is 0 Å². The van der Waals surface area contributed by atoms with Crippen LogP contribution < -0.4 is 9.47 Å². The zero-order valence-corrected chi connectivity index (χ0v) is 33.1. The van der Waals surface area contributed by atoms with Gasteiger partial charge >= 0.3 is 0 Å². The molecule has 8 aromatic rings. The van der Waals surface area contributed by atoms with Crippen molar-refractivity contribution in [2.75, 3.05) is 13.2 Å². The average molecular weight is 785 g/mol. The molecular weight excluding hydrogens is 741 g/mol. The van der Waals surface area contributed by atoms with E-state index >= 15 is 0 Å². The Bertz CT molecular complexity index is 2730. The molecule has 5 nitrogen and oxygen atoms in total. The van der Waals surface area contributed by atoms with Gasteiger partial charge in [-0.2, -0.15) is 0 Å². The van der Waals surface area contributed by atoms with Gasteiger partial charge in [0.2, 0.25) is 0 Å². The summed E-state index contributed by atoms with van der Waals surface area (Å²) in [5.74, 6) is 1.94. The fraction of sp³-hybridized carbons (Fsp3) is 0.127. The molecule has 0 bridgehead atoms. The molecule has 3 N–H and O–H groups in total. The normalized spacial score (nSPS) is 13.8. The van der Waals surface area contributed by atoms with Crippen LogP contribution in [0.3, 0.4) is 0 Å². The fourth-order valence-corrected chi connectivity index (χ4v) is 9.93. The van der Waals surface area contributed by atoms with Crippen molar-refractivity contribution in [3.8, 4) is 51.0 Å². The monoisotopic (exact) mass is 784 g/mol. The molecule has 0 saturated carbocycles. The van der Waals surface area contributed by atoms with Crippen molar-refractivity contribution in [2.45, 2.75) is 30.1 Å². The van der Waals surface area contributed by atoms with Crippen molar-refractivity contribution >= 4 is 0 Å². The molecule has 0 heterocycles. The molecule has 0 atom stereocenters. The number of unbranched alkanes of at least 4 members (excludes halogenated alkanes) is 2. The van der Waals surface area contributed by atoms with Crippen LogP contribution >= 0.6 is 0 Å². The number of hydrogen-bond donors (Lipinski definition) is 3. The maximum atomic E-state index is 11.3. The van der Waals surface area contributed by atoms with E-state index in [0.717, 1.165) is 69.7 Å². The molecule has 5 heteroatoms. The zero-order valence-electron chi connectivity index (χ0n) is 33.1. The van der Waals surface area contributed by atoms with Crippen molar-refractivity contribution in [3.05, 3.63) is 233 Å². The van der Waals surface area contributed by atoms with Crippen LogP contribution in [0.4, 0.5) is 0 Å². The second-order valence-corrected chi connectivity index (χ2v) is 15.7. The summed E-state index contributed by atoms with van der Waals surface area (Å²) in [7, 11) is 0. The predicted molar refractivity (Wildman–Crippen MR) is 237 cm³/mol. The summed E-state index contributed by atoms with van der Waals surface area (Å²) < 4.78 is 12.5. The van der Waals surface area contributed by atoms with Gasteiger partial charge in [-0.15, -0.1) is 0 Å². The Balaban J connectivity index is 0.798. The van der Waals surface area contributed by atoms with E-state index in [-0.39, 0.29) is 17.2 Å². The lowest BCUT2D eigenvalue weighted by molar-refractivity contribution is 0.279. The Morgan fingerprint density at radius 2 is 0.700 bits per heavy atom. The van der Waals surface area contributed by atoms with Crippen molar-refractivity contribution < 1.29 is 24.8 Å². The second-order valence-electron chi connectivity index (χ2n) is 15.7. The largest absolute Gasteiger partial charge is 0.508 e. The van der Waals surface area contributed by atoms with Crippen LogP contribution in [0, 0.1) is 0 Å². The average Bonchev–Trinajstić information content (AvgIpc) is 3.76. The third-order valence-corrected chi connectivity index (χ3v) is 12.5. The van der Waals surface area contributed by atoms with Crippen LogP contribution in [-0.2, 0) is 10.8 Å². The van der Waals surface area contributed by atoms with E-state index in [4.69, 9.17) is 9.47 Å². The molecule has 0 aromatic heterocycles. The summed E-state index contributed by atoms with van der Waals surface area (Å²) in [5, 5.41) is 31.7. The maximum Gasteiger partial charge on any atom is 0.124 e. The highest BCUT2D eigenvalue weighted by molar-refractivity contribution is 5.88. The summed E-state index contributed by atoms with van der Waals surface area (Å²) in [6.07, 6.45) is 2.76. The predicted octanol–water partition coefficient (Wildman–Crippen LogP) is 12.2. The molecule has 0 radical (unpaired) electrons. The minimum atomic E-state index is -0.772. The SMILES string of the molecule is Oc1ccc(C2(c3ccc(OCCCCCOc4ccc(C5(c6ccc(O)cc6O)c6ccccc6-c6ccccc65)cc4)cc3)c3ccccc3-c3ccccc32)cc1. The van der Waals surface area contributed by atoms with Gasteiger partial charge in [0.15, 0.2) is 0 Å². The van der Waals surface area contributed by atoms with E-state index in [2.05, 4.69) is 109 Å². The van der Waals surface area contributed by atoms with Crippen LogP contribution in [-0.4, -0.2) is 28.5 Å². The van der Waals surface area contributed by atoms with E-state index < -0.39 is 10.8 Å². The Kier molecular flexibility index (Phi) is 9.37. The first-order valence-corrected chi connectivity index (χ1v) is 20.7. The van der Waals surface area contributed by atoms with Crippen molar-refractivity contribution in [3.63, 3.8) is 0 Å². The van der Waals surface area contributed by atoms with Crippen molar-refractivity contribution in [1.29, 1.82) is 0 Å². The third kappa shape index (κ3) is 5.92. The molecule has 2 aliphatic carbocycles. The molecule has 0 amide bonds. The van der Waals surface area contributed by atoms with E-state index in [1.54, 1.807) is 18.2 Å². The van der Waals surface area contributed by atoms with Crippen LogP contribution in [0.2, 0.25) is 0 Å². The number of hydrogen-bond acceptors (Lipinski definition) is 5. The van der Waals surface area contributed by atoms with E-state index in [1.807, 2.05) is 54.6 Å². The summed E-state index contributed by atoms with van der Waals surface area (Å²) >= 11 is 0. The van der Waals surface area contributed by atoms with Crippen LogP contribution in [0.25, 0.3) is 22.3 Å². The highest BCUT2D eigenvalue weighted by Gasteiger charge is 2.48. The molecule has 0 aliphatic heterocycles. The Hall–Kier alpha value is -7.24. The minimum absolute atomic E-state index is 0.0220. The maximum absolute atomic E-state index is 11.3. The number of aromatic hydroxyl groups is 3. The van der Waals surface area contributed by atoms with Crippen LogP contribution in [0.5, 0.6) is 28.7 Å². The quantitative estimate of drug-likeness (QED) is 0.108.